The van der Waals surface area contributed by atoms with Gasteiger partial charge in [0.1, 0.15) is 11.5 Å². The lowest BCUT2D eigenvalue weighted by atomic mass is 9.90. The van der Waals surface area contributed by atoms with E-state index in [1.807, 2.05) is 48.5 Å². The van der Waals surface area contributed by atoms with E-state index in [0.29, 0.717) is 17.9 Å². The molecule has 0 bridgehead atoms. The van der Waals surface area contributed by atoms with Crippen LogP contribution in [0.5, 0.6) is 11.5 Å². The third-order valence-corrected chi connectivity index (χ3v) is 8.06. The summed E-state index contributed by atoms with van der Waals surface area (Å²) in [5, 5.41) is 12.3. The molecule has 2 amide bonds. The maximum atomic E-state index is 12.9. The van der Waals surface area contributed by atoms with E-state index in [2.05, 4.69) is 10.3 Å². The third-order valence-electron chi connectivity index (χ3n) is 7.08. The number of carbonyl (C=O) groups excluding carboxylic acids is 3. The number of H-pyrrole nitrogens is 1. The molecule has 1 fully saturated rings. The maximum absolute atomic E-state index is 12.9. The molecule has 0 aliphatic carbocycles. The van der Waals surface area contributed by atoms with E-state index in [9.17, 15) is 24.3 Å². The number of nitrogens with one attached hydrogen (secondary N) is 2. The van der Waals surface area contributed by atoms with Crippen LogP contribution in [-0.4, -0.2) is 44.3 Å². The molecule has 41 heavy (non-hydrogen) atoms. The summed E-state index contributed by atoms with van der Waals surface area (Å²) in [5.41, 5.74) is 9.72. The molecule has 3 atom stereocenters. The quantitative estimate of drug-likeness (QED) is 0.192. The fourth-order valence-corrected chi connectivity index (χ4v) is 5.70. The second-order valence-electron chi connectivity index (χ2n) is 10.1. The second kappa shape index (κ2) is 12.4. The second-order valence-corrected chi connectivity index (χ2v) is 11.2. The Morgan fingerprint density at radius 2 is 1.59 bits per heavy atom. The van der Waals surface area contributed by atoms with E-state index in [4.69, 9.17) is 10.5 Å². The van der Waals surface area contributed by atoms with Gasteiger partial charge >= 0.3 is 5.97 Å². The highest BCUT2D eigenvalue weighted by atomic mass is 32.2. The van der Waals surface area contributed by atoms with E-state index in [1.54, 1.807) is 30.5 Å². The van der Waals surface area contributed by atoms with Crippen molar-refractivity contribution in [3.05, 3.63) is 95.7 Å². The van der Waals surface area contributed by atoms with Gasteiger partial charge in [-0.2, -0.15) is 0 Å². The van der Waals surface area contributed by atoms with Gasteiger partial charge in [-0.15, -0.1) is 0 Å². The number of thioether (sulfide) groups is 1. The summed E-state index contributed by atoms with van der Waals surface area (Å²) in [7, 11) is 0. The summed E-state index contributed by atoms with van der Waals surface area (Å²) < 4.78 is 5.90. The van der Waals surface area contributed by atoms with Crippen LogP contribution in [0.4, 0.5) is 4.79 Å². The van der Waals surface area contributed by atoms with Crippen molar-refractivity contribution in [2.24, 2.45) is 11.7 Å². The molecule has 1 aliphatic rings. The number of para-hydroxylation sites is 1. The van der Waals surface area contributed by atoms with E-state index in [1.165, 1.54) is 0 Å². The van der Waals surface area contributed by atoms with Gasteiger partial charge in [0.2, 0.25) is 5.91 Å². The first-order valence-electron chi connectivity index (χ1n) is 13.2. The first-order valence-corrected chi connectivity index (χ1v) is 14.1. The maximum Gasteiger partial charge on any atom is 0.307 e. The average molecular weight is 572 g/mol. The first-order chi connectivity index (χ1) is 19.7. The van der Waals surface area contributed by atoms with Gasteiger partial charge in [0.25, 0.3) is 5.24 Å². The molecule has 1 aromatic heterocycles. The summed E-state index contributed by atoms with van der Waals surface area (Å²) in [5.74, 6) is -1.25. The van der Waals surface area contributed by atoms with Crippen LogP contribution in [0.25, 0.3) is 10.9 Å². The van der Waals surface area contributed by atoms with Gasteiger partial charge in [0.05, 0.1) is 17.2 Å². The molecule has 4 aromatic rings. The van der Waals surface area contributed by atoms with Crippen LogP contribution in [0.3, 0.4) is 0 Å². The first kappa shape index (κ1) is 28.1. The van der Waals surface area contributed by atoms with Crippen LogP contribution in [0.1, 0.15) is 23.1 Å². The minimum atomic E-state index is -1.02. The van der Waals surface area contributed by atoms with Gasteiger partial charge in [-0.3, -0.25) is 24.5 Å². The minimum absolute atomic E-state index is 0.145. The monoisotopic (exact) mass is 571 g/mol. The number of carbonyl (C=O) groups is 4. The molecule has 1 saturated heterocycles. The number of rotatable bonds is 12. The molecule has 5 rings (SSSR count). The number of aliphatic carboxylic acids is 1. The minimum Gasteiger partial charge on any atom is -0.481 e. The van der Waals surface area contributed by atoms with Crippen molar-refractivity contribution in [2.75, 3.05) is 0 Å². The molecule has 5 N–H and O–H groups in total. The van der Waals surface area contributed by atoms with Crippen LogP contribution in [0.15, 0.2) is 79.0 Å². The Balaban J connectivity index is 1.13. The molecule has 210 valence electrons. The van der Waals surface area contributed by atoms with E-state index in [0.717, 1.165) is 39.4 Å². The molecule has 2 heterocycles. The summed E-state index contributed by atoms with van der Waals surface area (Å²) in [6.07, 6.45) is 2.61. The van der Waals surface area contributed by atoms with Crippen molar-refractivity contribution in [3.8, 4) is 11.5 Å². The fourth-order valence-electron chi connectivity index (χ4n) is 4.84. The van der Waals surface area contributed by atoms with Crippen LogP contribution < -0.4 is 15.8 Å². The zero-order chi connectivity index (χ0) is 28.9. The summed E-state index contributed by atoms with van der Waals surface area (Å²) in [6, 6.07) is 21.3. The number of imide groups is 1. The highest BCUT2D eigenvalue weighted by Crippen LogP contribution is 2.27. The molecular weight excluding hydrogens is 542 g/mol. The average Bonchev–Trinajstić information content (AvgIpc) is 3.51. The number of fused-ring (bicyclic) bond motifs is 1. The molecule has 3 aromatic carbocycles. The third kappa shape index (κ3) is 7.03. The van der Waals surface area contributed by atoms with Gasteiger partial charge < -0.3 is 20.6 Å². The Labute approximate surface area is 240 Å². The number of aromatic nitrogens is 1. The summed E-state index contributed by atoms with van der Waals surface area (Å²) in [6.45, 7) is 0. The van der Waals surface area contributed by atoms with Gasteiger partial charge in [0.15, 0.2) is 5.78 Å². The van der Waals surface area contributed by atoms with Crippen molar-refractivity contribution < 1.29 is 29.0 Å². The molecule has 9 nitrogen and oxygen atoms in total. The van der Waals surface area contributed by atoms with E-state index < -0.39 is 23.2 Å². The fraction of sp³-hybridized carbons (Fsp3) is 0.226. The molecule has 10 heteroatoms. The van der Waals surface area contributed by atoms with Crippen LogP contribution >= 0.6 is 11.8 Å². The molecule has 3 unspecified atom stereocenters. The molecule has 1 aliphatic heterocycles. The van der Waals surface area contributed by atoms with E-state index in [-0.39, 0.29) is 36.2 Å². The number of ketones is 1. The topological polar surface area (TPSA) is 152 Å². The number of hydrogen-bond acceptors (Lipinski definition) is 7. The summed E-state index contributed by atoms with van der Waals surface area (Å²) in [4.78, 5) is 51.1. The predicted molar refractivity (Wildman–Crippen MR) is 156 cm³/mol. The normalized spacial score (nSPS) is 16.4. The zero-order valence-corrected chi connectivity index (χ0v) is 22.9. The highest BCUT2D eigenvalue weighted by Gasteiger charge is 2.31. The van der Waals surface area contributed by atoms with Crippen LogP contribution in [0.2, 0.25) is 0 Å². The lowest BCUT2D eigenvalue weighted by molar-refractivity contribution is -0.143. The molecule has 0 spiro atoms. The van der Waals surface area contributed by atoms with Crippen molar-refractivity contribution >= 4 is 45.6 Å². The summed E-state index contributed by atoms with van der Waals surface area (Å²) >= 11 is 0.999. The van der Waals surface area contributed by atoms with Crippen molar-refractivity contribution in [3.63, 3.8) is 0 Å². The predicted octanol–water partition coefficient (Wildman–Crippen LogP) is 4.63. The number of aromatic amines is 1. The lowest BCUT2D eigenvalue weighted by Crippen LogP contribution is -2.35. The number of benzene rings is 3. The molecular formula is C31H29N3O6S. The van der Waals surface area contributed by atoms with Crippen LogP contribution in [-0.2, 0) is 33.6 Å². The smallest absolute Gasteiger partial charge is 0.307 e. The highest BCUT2D eigenvalue weighted by molar-refractivity contribution is 8.15. The van der Waals surface area contributed by atoms with Gasteiger partial charge in [0, 0.05) is 23.5 Å². The number of carboxylic acid groups (broad SMARTS) is 1. The Morgan fingerprint density at radius 1 is 0.927 bits per heavy atom. The van der Waals surface area contributed by atoms with Crippen molar-refractivity contribution in [1.82, 2.24) is 10.3 Å². The van der Waals surface area contributed by atoms with Gasteiger partial charge in [-0.25, -0.2) is 0 Å². The molecule has 0 radical (unpaired) electrons. The number of amides is 2. The zero-order valence-electron chi connectivity index (χ0n) is 22.0. The SMILES string of the molecule is NC(Cc1ccc(Oc2ccc(CC3SC(=O)NC3=O)cc2)cc1)C(=O)CC(Cc1c[nH]c2ccccc12)C(=O)O. The van der Waals surface area contributed by atoms with Crippen LogP contribution in [0, 0.1) is 5.92 Å². The Hall–Kier alpha value is -4.41. The van der Waals surface area contributed by atoms with Crippen molar-refractivity contribution in [1.29, 1.82) is 0 Å². The lowest BCUT2D eigenvalue weighted by Gasteiger charge is -2.15. The van der Waals surface area contributed by atoms with Crippen molar-refractivity contribution in [2.45, 2.75) is 37.0 Å². The van der Waals surface area contributed by atoms with E-state index >= 15 is 0 Å². The standard InChI is InChI=1S/C31H29N3O6S/c32-25(27(35)16-20(30(37)38)15-21-17-33-26-4-2-1-3-24(21)26)13-18-5-9-22(10-6-18)40-23-11-7-19(8-12-23)14-28-29(36)34-31(39)41-28/h1-12,17,20,25,28,33H,13-16,32H2,(H,37,38)(H,34,36,39). The van der Waals surface area contributed by atoms with Gasteiger partial charge in [-0.1, -0.05) is 54.2 Å². The molecule has 0 saturated carbocycles. The number of carboxylic acids is 1. The Morgan fingerprint density at radius 3 is 2.22 bits per heavy atom. The number of nitrogens with two attached hydrogens (primary N) is 1. The number of hydrogen-bond donors (Lipinski definition) is 4. The number of Topliss-reactive ketones (excluding diaryl/α,β-unsaturated/α-hetero) is 1. The Kier molecular flexibility index (Phi) is 8.51. The van der Waals surface area contributed by atoms with Gasteiger partial charge in [-0.05, 0) is 66.3 Å². The largest absolute Gasteiger partial charge is 0.481 e. The Bertz CT molecular complexity index is 1580. The number of ether oxygens (including phenoxy) is 1.